The van der Waals surface area contributed by atoms with E-state index in [1.54, 1.807) is 18.2 Å². The largest absolute Gasteiger partial charge is 0.488 e. The van der Waals surface area contributed by atoms with Gasteiger partial charge in [0.25, 0.3) is 0 Å². The van der Waals surface area contributed by atoms with Crippen LogP contribution in [-0.2, 0) is 5.54 Å². The zero-order chi connectivity index (χ0) is 22.7. The third-order valence-corrected chi connectivity index (χ3v) is 5.80. The number of hydrogen-bond acceptors (Lipinski definition) is 5. The summed E-state index contributed by atoms with van der Waals surface area (Å²) in [6, 6.07) is 37.3. The van der Waals surface area contributed by atoms with E-state index in [0.717, 1.165) is 16.7 Å². The average Bonchev–Trinajstić information content (AvgIpc) is 3.37. The van der Waals surface area contributed by atoms with Gasteiger partial charge in [0.15, 0.2) is 5.82 Å². The number of rotatable bonds is 6. The molecular formula is C26H21BN4O2. The molecule has 2 N–H and O–H groups in total. The molecule has 0 fully saturated rings. The van der Waals surface area contributed by atoms with Crippen molar-refractivity contribution >= 4 is 12.6 Å². The Hall–Kier alpha value is -4.07. The van der Waals surface area contributed by atoms with Crippen molar-refractivity contribution in [3.63, 3.8) is 0 Å². The van der Waals surface area contributed by atoms with Gasteiger partial charge >= 0.3 is 7.12 Å². The predicted octanol–water partition coefficient (Wildman–Crippen LogP) is 2.86. The Balaban J connectivity index is 1.87. The first-order chi connectivity index (χ1) is 16.2. The van der Waals surface area contributed by atoms with E-state index in [4.69, 9.17) is 0 Å². The number of nitrogens with zero attached hydrogens (tertiary/aromatic N) is 4. The normalized spacial score (nSPS) is 11.3. The highest BCUT2D eigenvalue weighted by atomic mass is 16.4. The minimum atomic E-state index is -1.59. The molecule has 0 saturated carbocycles. The first-order valence-corrected chi connectivity index (χ1v) is 10.6. The minimum Gasteiger partial charge on any atom is -0.423 e. The van der Waals surface area contributed by atoms with E-state index in [1.807, 2.05) is 65.3 Å². The molecule has 0 aliphatic heterocycles. The Morgan fingerprint density at radius 1 is 0.636 bits per heavy atom. The summed E-state index contributed by atoms with van der Waals surface area (Å²) in [5.41, 5.74) is 3.17. The van der Waals surface area contributed by atoms with Crippen molar-refractivity contribution in [3.8, 4) is 11.4 Å². The molecule has 6 nitrogen and oxygen atoms in total. The molecule has 1 heterocycles. The van der Waals surface area contributed by atoms with E-state index >= 15 is 0 Å². The fourth-order valence-corrected chi connectivity index (χ4v) is 4.34. The molecule has 0 amide bonds. The maximum Gasteiger partial charge on any atom is 0.488 e. The van der Waals surface area contributed by atoms with Crippen molar-refractivity contribution < 1.29 is 10.0 Å². The van der Waals surface area contributed by atoms with Gasteiger partial charge in [-0.1, -0.05) is 115 Å². The highest BCUT2D eigenvalue weighted by molar-refractivity contribution is 6.58. The summed E-state index contributed by atoms with van der Waals surface area (Å²) in [4.78, 5) is 0. The molecule has 1 aromatic heterocycles. The number of hydrogen-bond donors (Lipinski definition) is 2. The Labute approximate surface area is 191 Å². The smallest absolute Gasteiger partial charge is 0.423 e. The summed E-state index contributed by atoms with van der Waals surface area (Å²) in [6.45, 7) is 0. The van der Waals surface area contributed by atoms with Crippen LogP contribution in [0.5, 0.6) is 0 Å². The van der Waals surface area contributed by atoms with Crippen LogP contribution in [-0.4, -0.2) is 37.4 Å². The summed E-state index contributed by atoms with van der Waals surface area (Å²) < 4.78 is 1.82. The SMILES string of the molecule is OB(O)c1cccc(-c2nnnn2C(c2ccccc2)(c2ccccc2)c2ccccc2)c1. The Bertz CT molecular complexity index is 1250. The van der Waals surface area contributed by atoms with E-state index in [-0.39, 0.29) is 0 Å². The van der Waals surface area contributed by atoms with Crippen LogP contribution in [0, 0.1) is 0 Å². The number of aromatic nitrogens is 4. The monoisotopic (exact) mass is 432 g/mol. The maximum atomic E-state index is 9.71. The van der Waals surface area contributed by atoms with Gasteiger partial charge in [-0.15, -0.1) is 5.10 Å². The van der Waals surface area contributed by atoms with Crippen LogP contribution in [0.25, 0.3) is 11.4 Å². The predicted molar refractivity (Wildman–Crippen MR) is 128 cm³/mol. The van der Waals surface area contributed by atoms with Crippen molar-refractivity contribution in [2.45, 2.75) is 5.54 Å². The molecule has 33 heavy (non-hydrogen) atoms. The van der Waals surface area contributed by atoms with Crippen LogP contribution in [0.4, 0.5) is 0 Å². The fourth-order valence-electron chi connectivity index (χ4n) is 4.34. The molecule has 0 unspecified atom stereocenters. The molecule has 0 atom stereocenters. The lowest BCUT2D eigenvalue weighted by Gasteiger charge is -2.36. The van der Waals surface area contributed by atoms with Crippen molar-refractivity contribution in [2.75, 3.05) is 0 Å². The third-order valence-electron chi connectivity index (χ3n) is 5.80. The second-order valence-electron chi connectivity index (χ2n) is 7.72. The third kappa shape index (κ3) is 3.63. The van der Waals surface area contributed by atoms with Crippen molar-refractivity contribution in [1.82, 2.24) is 20.2 Å². The van der Waals surface area contributed by atoms with Crippen molar-refractivity contribution in [1.29, 1.82) is 0 Å². The van der Waals surface area contributed by atoms with Gasteiger partial charge in [0.2, 0.25) is 0 Å². The summed E-state index contributed by atoms with van der Waals surface area (Å²) in [5.74, 6) is 0.508. The lowest BCUT2D eigenvalue weighted by Crippen LogP contribution is -2.39. The van der Waals surface area contributed by atoms with Crippen LogP contribution in [0.3, 0.4) is 0 Å². The molecule has 0 spiro atoms. The summed E-state index contributed by atoms with van der Waals surface area (Å²) in [6.07, 6.45) is 0. The molecule has 0 saturated heterocycles. The van der Waals surface area contributed by atoms with Gasteiger partial charge in [-0.25, -0.2) is 4.68 Å². The average molecular weight is 432 g/mol. The van der Waals surface area contributed by atoms with E-state index < -0.39 is 12.7 Å². The molecule has 0 radical (unpaired) electrons. The quantitative estimate of drug-likeness (QED) is 0.319. The number of benzene rings is 4. The van der Waals surface area contributed by atoms with Crippen molar-refractivity contribution in [3.05, 3.63) is 132 Å². The number of tetrazole rings is 1. The first kappa shape index (κ1) is 20.8. The standard InChI is InChI=1S/C26H21BN4O2/c32-27(33)24-18-10-11-20(19-24)25-28-29-30-31(25)26(21-12-4-1-5-13-21,22-14-6-2-7-15-22)23-16-8-3-9-17-23/h1-19,32-33H. The fraction of sp³-hybridized carbons (Fsp3) is 0.0385. The zero-order valence-electron chi connectivity index (χ0n) is 17.7. The van der Waals surface area contributed by atoms with Gasteiger partial charge in [-0.2, -0.15) is 0 Å². The highest BCUT2D eigenvalue weighted by Crippen LogP contribution is 2.41. The Kier molecular flexibility index (Phi) is 5.56. The van der Waals surface area contributed by atoms with Gasteiger partial charge in [-0.3, -0.25) is 0 Å². The molecule has 160 valence electrons. The molecule has 0 aliphatic carbocycles. The Morgan fingerprint density at radius 3 is 1.64 bits per heavy atom. The highest BCUT2D eigenvalue weighted by Gasteiger charge is 2.41. The van der Waals surface area contributed by atoms with E-state index in [0.29, 0.717) is 16.9 Å². The lowest BCUT2D eigenvalue weighted by molar-refractivity contribution is 0.426. The van der Waals surface area contributed by atoms with Gasteiger partial charge < -0.3 is 10.0 Å². The van der Waals surface area contributed by atoms with Crippen LogP contribution >= 0.6 is 0 Å². The van der Waals surface area contributed by atoms with Crippen LogP contribution in [0.1, 0.15) is 16.7 Å². The second kappa shape index (κ2) is 8.82. The van der Waals surface area contributed by atoms with Crippen molar-refractivity contribution in [2.24, 2.45) is 0 Å². The molecule has 0 bridgehead atoms. The summed E-state index contributed by atoms with van der Waals surface area (Å²) in [5, 5.41) is 32.3. The molecule has 5 rings (SSSR count). The van der Waals surface area contributed by atoms with Crippen LogP contribution in [0.2, 0.25) is 0 Å². The summed E-state index contributed by atoms with van der Waals surface area (Å²) in [7, 11) is -1.59. The molecule has 0 aliphatic rings. The second-order valence-corrected chi connectivity index (χ2v) is 7.72. The van der Waals surface area contributed by atoms with Gasteiger partial charge in [0.05, 0.1) is 0 Å². The van der Waals surface area contributed by atoms with Crippen LogP contribution in [0.15, 0.2) is 115 Å². The molecule has 4 aromatic carbocycles. The molecular weight excluding hydrogens is 411 g/mol. The van der Waals surface area contributed by atoms with Crippen LogP contribution < -0.4 is 5.46 Å². The van der Waals surface area contributed by atoms with Gasteiger partial charge in [-0.05, 0) is 32.6 Å². The molecule has 5 aromatic rings. The first-order valence-electron chi connectivity index (χ1n) is 10.6. The van der Waals surface area contributed by atoms with E-state index in [1.165, 1.54) is 0 Å². The zero-order valence-corrected chi connectivity index (χ0v) is 17.7. The maximum absolute atomic E-state index is 9.71. The molecule has 7 heteroatoms. The van der Waals surface area contributed by atoms with E-state index in [9.17, 15) is 10.0 Å². The van der Waals surface area contributed by atoms with E-state index in [2.05, 4.69) is 51.9 Å². The van der Waals surface area contributed by atoms with Gasteiger partial charge in [0, 0.05) is 5.56 Å². The minimum absolute atomic E-state index is 0.367. The Morgan fingerprint density at radius 2 is 1.15 bits per heavy atom. The lowest BCUT2D eigenvalue weighted by atomic mass is 9.76. The summed E-state index contributed by atoms with van der Waals surface area (Å²) >= 11 is 0. The van der Waals surface area contributed by atoms with Gasteiger partial charge in [0.1, 0.15) is 5.54 Å². The topological polar surface area (TPSA) is 84.1 Å².